The van der Waals surface area contributed by atoms with E-state index in [0.29, 0.717) is 17.0 Å². The number of carbonyl (C=O) groups is 1. The number of carbonyl (C=O) groups excluding carboxylic acids is 1. The maximum Gasteiger partial charge on any atom is 0.220 e. The SMILES string of the molecule is C=C(OC)[C@H](CSCC(Br)c1ccccc1)NC(=O)CC. The molecular weight excluding hydrogens is 350 g/mol. The van der Waals surface area contributed by atoms with Gasteiger partial charge >= 0.3 is 0 Å². The van der Waals surface area contributed by atoms with Gasteiger partial charge in [-0.15, -0.1) is 0 Å². The molecule has 21 heavy (non-hydrogen) atoms. The standard InChI is InChI=1S/C16H22BrNO2S/c1-4-16(19)18-15(12(2)20-3)11-21-10-14(17)13-8-6-5-7-9-13/h5-9,14-15H,2,4,10-11H2,1,3H3,(H,18,19)/t14?,15-/m0/s1. The van der Waals surface area contributed by atoms with Crippen LogP contribution in [0.2, 0.25) is 0 Å². The molecule has 0 heterocycles. The fraction of sp³-hybridized carbons (Fsp3) is 0.438. The van der Waals surface area contributed by atoms with E-state index in [4.69, 9.17) is 4.74 Å². The summed E-state index contributed by atoms with van der Waals surface area (Å²) in [4.78, 5) is 11.8. The van der Waals surface area contributed by atoms with Crippen LogP contribution in [0, 0.1) is 0 Å². The summed E-state index contributed by atoms with van der Waals surface area (Å²) in [6.45, 7) is 5.69. The highest BCUT2D eigenvalue weighted by Crippen LogP contribution is 2.27. The fourth-order valence-electron chi connectivity index (χ4n) is 1.70. The van der Waals surface area contributed by atoms with Gasteiger partial charge in [0.15, 0.2) is 0 Å². The lowest BCUT2D eigenvalue weighted by atomic mass is 10.2. The molecule has 1 aromatic rings. The first-order valence-corrected chi connectivity index (χ1v) is 8.94. The Morgan fingerprint density at radius 2 is 2.05 bits per heavy atom. The summed E-state index contributed by atoms with van der Waals surface area (Å²) in [5, 5.41) is 2.93. The molecule has 0 bridgehead atoms. The summed E-state index contributed by atoms with van der Waals surface area (Å²) < 4.78 is 5.17. The molecule has 0 fully saturated rings. The molecule has 1 unspecified atom stereocenters. The molecule has 2 atom stereocenters. The summed E-state index contributed by atoms with van der Waals surface area (Å²) >= 11 is 5.45. The van der Waals surface area contributed by atoms with E-state index in [2.05, 4.69) is 40.0 Å². The van der Waals surface area contributed by atoms with Crippen LogP contribution in [0.15, 0.2) is 42.7 Å². The van der Waals surface area contributed by atoms with Crippen LogP contribution in [-0.2, 0) is 9.53 Å². The number of rotatable bonds is 9. The van der Waals surface area contributed by atoms with E-state index in [9.17, 15) is 4.79 Å². The molecule has 0 radical (unpaired) electrons. The van der Waals surface area contributed by atoms with Crippen molar-refractivity contribution in [3.05, 3.63) is 48.2 Å². The molecule has 1 aromatic carbocycles. The number of benzene rings is 1. The minimum Gasteiger partial charge on any atom is -0.500 e. The lowest BCUT2D eigenvalue weighted by molar-refractivity contribution is -0.121. The minimum absolute atomic E-state index is 0.0113. The summed E-state index contributed by atoms with van der Waals surface area (Å²) in [5.41, 5.74) is 1.25. The second-order valence-electron chi connectivity index (χ2n) is 4.56. The maximum atomic E-state index is 11.5. The molecule has 1 rings (SSSR count). The second-order valence-corrected chi connectivity index (χ2v) is 6.74. The summed E-state index contributed by atoms with van der Waals surface area (Å²) in [6.07, 6.45) is 0.462. The predicted molar refractivity (Wildman–Crippen MR) is 93.8 cm³/mol. The normalized spacial score (nSPS) is 13.3. The fourth-order valence-corrected chi connectivity index (χ4v) is 3.61. The van der Waals surface area contributed by atoms with Gasteiger partial charge in [0.05, 0.1) is 13.2 Å². The molecule has 116 valence electrons. The van der Waals surface area contributed by atoms with Crippen LogP contribution in [0.25, 0.3) is 0 Å². The molecule has 0 aromatic heterocycles. The van der Waals surface area contributed by atoms with E-state index >= 15 is 0 Å². The van der Waals surface area contributed by atoms with Crippen LogP contribution >= 0.6 is 27.7 Å². The second kappa shape index (κ2) is 9.90. The van der Waals surface area contributed by atoms with Gasteiger partial charge in [0, 0.05) is 22.8 Å². The number of hydrogen-bond acceptors (Lipinski definition) is 3. The molecule has 5 heteroatoms. The van der Waals surface area contributed by atoms with Gasteiger partial charge in [-0.25, -0.2) is 0 Å². The Kier molecular flexibility index (Phi) is 8.54. The van der Waals surface area contributed by atoms with Gasteiger partial charge in [0.25, 0.3) is 0 Å². The van der Waals surface area contributed by atoms with E-state index in [0.717, 1.165) is 11.5 Å². The first-order chi connectivity index (χ1) is 10.1. The van der Waals surface area contributed by atoms with Crippen molar-refractivity contribution in [1.29, 1.82) is 0 Å². The summed E-state index contributed by atoms with van der Waals surface area (Å²) in [5.74, 6) is 2.26. The van der Waals surface area contributed by atoms with Crippen LogP contribution in [0.4, 0.5) is 0 Å². The van der Waals surface area contributed by atoms with Crippen molar-refractivity contribution in [3.63, 3.8) is 0 Å². The molecule has 1 N–H and O–H groups in total. The monoisotopic (exact) mass is 371 g/mol. The number of hydrogen-bond donors (Lipinski definition) is 1. The van der Waals surface area contributed by atoms with Crippen LogP contribution < -0.4 is 5.32 Å². The third-order valence-electron chi connectivity index (χ3n) is 3.02. The topological polar surface area (TPSA) is 38.3 Å². The zero-order chi connectivity index (χ0) is 15.7. The third kappa shape index (κ3) is 6.57. The first kappa shape index (κ1) is 18.1. The van der Waals surface area contributed by atoms with Crippen molar-refractivity contribution < 1.29 is 9.53 Å². The Bertz CT molecular complexity index is 453. The molecule has 0 saturated carbocycles. The molecule has 0 aliphatic carbocycles. The van der Waals surface area contributed by atoms with E-state index in [1.165, 1.54) is 5.56 Å². The van der Waals surface area contributed by atoms with E-state index < -0.39 is 0 Å². The number of nitrogens with one attached hydrogen (secondary N) is 1. The summed E-state index contributed by atoms with van der Waals surface area (Å²) in [7, 11) is 1.58. The van der Waals surface area contributed by atoms with Gasteiger partial charge < -0.3 is 10.1 Å². The van der Waals surface area contributed by atoms with Gasteiger partial charge in [-0.05, 0) is 5.56 Å². The van der Waals surface area contributed by atoms with Crippen molar-refractivity contribution in [2.75, 3.05) is 18.6 Å². The minimum atomic E-state index is -0.150. The van der Waals surface area contributed by atoms with Crippen LogP contribution in [0.5, 0.6) is 0 Å². The molecule has 0 aliphatic heterocycles. The zero-order valence-electron chi connectivity index (χ0n) is 12.5. The van der Waals surface area contributed by atoms with Crippen molar-refractivity contribution >= 4 is 33.6 Å². The predicted octanol–water partition coefficient (Wildman–Crippen LogP) is 3.91. The number of ether oxygens (including phenoxy) is 1. The average Bonchev–Trinajstić information content (AvgIpc) is 2.53. The Balaban J connectivity index is 2.46. The van der Waals surface area contributed by atoms with Gasteiger partial charge in [-0.3, -0.25) is 4.79 Å². The number of thioether (sulfide) groups is 1. The molecular formula is C16H22BrNO2S. The Labute approximate surface area is 139 Å². The van der Waals surface area contributed by atoms with Gasteiger partial charge in [0.1, 0.15) is 5.76 Å². The number of alkyl halides is 1. The first-order valence-electron chi connectivity index (χ1n) is 6.87. The van der Waals surface area contributed by atoms with Crippen molar-refractivity contribution in [2.24, 2.45) is 0 Å². The Morgan fingerprint density at radius 3 is 2.62 bits per heavy atom. The lowest BCUT2D eigenvalue weighted by Gasteiger charge is -2.20. The number of halogens is 1. The van der Waals surface area contributed by atoms with Crippen molar-refractivity contribution in [2.45, 2.75) is 24.2 Å². The van der Waals surface area contributed by atoms with Gasteiger partial charge in [-0.1, -0.05) is 59.8 Å². The Morgan fingerprint density at radius 1 is 1.38 bits per heavy atom. The smallest absolute Gasteiger partial charge is 0.220 e. The zero-order valence-corrected chi connectivity index (χ0v) is 14.9. The quantitative estimate of drug-likeness (QED) is 0.528. The van der Waals surface area contributed by atoms with Gasteiger partial charge in [0.2, 0.25) is 5.91 Å². The van der Waals surface area contributed by atoms with E-state index in [-0.39, 0.29) is 11.9 Å². The highest BCUT2D eigenvalue weighted by Gasteiger charge is 2.16. The molecule has 3 nitrogen and oxygen atoms in total. The van der Waals surface area contributed by atoms with Crippen molar-refractivity contribution in [1.82, 2.24) is 5.32 Å². The third-order valence-corrected chi connectivity index (χ3v) is 5.44. The van der Waals surface area contributed by atoms with Crippen molar-refractivity contribution in [3.8, 4) is 0 Å². The van der Waals surface area contributed by atoms with Crippen LogP contribution in [-0.4, -0.2) is 30.6 Å². The molecule has 1 amide bonds. The molecule has 0 aliphatic rings. The number of amides is 1. The number of methoxy groups -OCH3 is 1. The average molecular weight is 372 g/mol. The largest absolute Gasteiger partial charge is 0.500 e. The molecule has 0 saturated heterocycles. The van der Waals surface area contributed by atoms with E-state index in [1.807, 2.05) is 25.1 Å². The van der Waals surface area contributed by atoms with E-state index in [1.54, 1.807) is 18.9 Å². The Hall–Kier alpha value is -0.940. The maximum absolute atomic E-state index is 11.5. The highest BCUT2D eigenvalue weighted by molar-refractivity contribution is 9.09. The lowest BCUT2D eigenvalue weighted by Crippen LogP contribution is -2.38. The molecule has 0 spiro atoms. The van der Waals surface area contributed by atoms with Crippen LogP contribution in [0.3, 0.4) is 0 Å². The van der Waals surface area contributed by atoms with Crippen LogP contribution in [0.1, 0.15) is 23.7 Å². The summed E-state index contributed by atoms with van der Waals surface area (Å²) in [6, 6.07) is 10.1. The highest BCUT2D eigenvalue weighted by atomic mass is 79.9. The van der Waals surface area contributed by atoms with Gasteiger partial charge in [-0.2, -0.15) is 11.8 Å².